The summed E-state index contributed by atoms with van der Waals surface area (Å²) in [6, 6.07) is 2.13. The fourth-order valence-electron chi connectivity index (χ4n) is 3.87. The first-order valence-electron chi connectivity index (χ1n) is 9.15. The molecule has 0 aromatic heterocycles. The lowest BCUT2D eigenvalue weighted by molar-refractivity contribution is -0.00535. The number of nitrogens with one attached hydrogen (secondary N) is 1. The van der Waals surface area contributed by atoms with Crippen LogP contribution in [-0.2, 0) is 0 Å². The van der Waals surface area contributed by atoms with Crippen LogP contribution in [0.5, 0.6) is 0 Å². The number of nitrogens with zero attached hydrogens (tertiary/aromatic N) is 2. The van der Waals surface area contributed by atoms with E-state index in [0.29, 0.717) is 17.5 Å². The summed E-state index contributed by atoms with van der Waals surface area (Å²) in [5, 5.41) is 3.66. The monoisotopic (exact) mass is 295 g/mol. The smallest absolute Gasteiger partial charge is 0.0223 e. The third-order valence-electron chi connectivity index (χ3n) is 5.69. The van der Waals surface area contributed by atoms with Crippen LogP contribution < -0.4 is 5.32 Å². The second-order valence-electron chi connectivity index (χ2n) is 8.12. The van der Waals surface area contributed by atoms with Crippen LogP contribution in [0.3, 0.4) is 0 Å². The minimum Gasteiger partial charge on any atom is -0.314 e. The Labute approximate surface area is 132 Å². The van der Waals surface area contributed by atoms with E-state index < -0.39 is 0 Å². The third kappa shape index (κ3) is 4.67. The molecule has 2 heterocycles. The number of piperazine rings is 1. The molecule has 0 saturated carbocycles. The highest BCUT2D eigenvalue weighted by Crippen LogP contribution is 2.28. The maximum Gasteiger partial charge on any atom is 0.0223 e. The highest BCUT2D eigenvalue weighted by molar-refractivity contribution is 4.92. The summed E-state index contributed by atoms with van der Waals surface area (Å²) in [4.78, 5) is 5.53. The summed E-state index contributed by atoms with van der Waals surface area (Å²) in [5.74, 6) is 0. The van der Waals surface area contributed by atoms with Gasteiger partial charge in [-0.25, -0.2) is 0 Å². The molecule has 3 heteroatoms. The summed E-state index contributed by atoms with van der Waals surface area (Å²) >= 11 is 0. The zero-order valence-electron chi connectivity index (χ0n) is 15.0. The number of rotatable bonds is 6. The third-order valence-corrected chi connectivity index (χ3v) is 5.69. The first kappa shape index (κ1) is 17.2. The molecule has 1 N–H and O–H groups in total. The molecule has 2 aliphatic rings. The van der Waals surface area contributed by atoms with E-state index in [1.165, 1.54) is 51.9 Å². The Morgan fingerprint density at radius 3 is 2.67 bits per heavy atom. The van der Waals surface area contributed by atoms with Crippen molar-refractivity contribution >= 4 is 0 Å². The van der Waals surface area contributed by atoms with Crippen molar-refractivity contribution in [3.8, 4) is 0 Å². The molecule has 2 saturated heterocycles. The fraction of sp³-hybridized carbons (Fsp3) is 1.00. The number of piperidine rings is 1. The Kier molecular flexibility index (Phi) is 6.10. The average molecular weight is 296 g/mol. The molecule has 0 amide bonds. The van der Waals surface area contributed by atoms with E-state index in [4.69, 9.17) is 0 Å². The van der Waals surface area contributed by atoms with Gasteiger partial charge in [0.1, 0.15) is 0 Å². The topological polar surface area (TPSA) is 18.5 Å². The van der Waals surface area contributed by atoms with Crippen LogP contribution in [0.4, 0.5) is 0 Å². The second kappa shape index (κ2) is 7.43. The van der Waals surface area contributed by atoms with E-state index in [9.17, 15) is 0 Å². The summed E-state index contributed by atoms with van der Waals surface area (Å²) in [6.07, 6.45) is 5.51. The predicted molar refractivity (Wildman–Crippen MR) is 91.8 cm³/mol. The molecule has 3 unspecified atom stereocenters. The molecule has 3 nitrogen and oxygen atoms in total. The van der Waals surface area contributed by atoms with Gasteiger partial charge in [0, 0.05) is 44.3 Å². The minimum absolute atomic E-state index is 0.398. The van der Waals surface area contributed by atoms with E-state index in [-0.39, 0.29) is 0 Å². The van der Waals surface area contributed by atoms with E-state index in [2.05, 4.69) is 49.7 Å². The van der Waals surface area contributed by atoms with Crippen LogP contribution in [0.1, 0.15) is 60.3 Å². The minimum atomic E-state index is 0.398. The van der Waals surface area contributed by atoms with Crippen LogP contribution in [0, 0.1) is 5.41 Å². The van der Waals surface area contributed by atoms with E-state index in [1.807, 2.05) is 0 Å². The Bertz CT molecular complexity index is 318. The molecular formula is C18H37N3. The largest absolute Gasteiger partial charge is 0.314 e. The van der Waals surface area contributed by atoms with Crippen molar-refractivity contribution in [2.45, 2.75) is 78.4 Å². The number of fused-ring (bicyclic) bond motifs is 1. The van der Waals surface area contributed by atoms with Gasteiger partial charge >= 0.3 is 0 Å². The van der Waals surface area contributed by atoms with Crippen LogP contribution in [0.15, 0.2) is 0 Å². The van der Waals surface area contributed by atoms with Gasteiger partial charge < -0.3 is 5.32 Å². The Hall–Kier alpha value is -0.120. The average Bonchev–Trinajstić information content (AvgIpc) is 2.46. The molecule has 0 spiro atoms. The van der Waals surface area contributed by atoms with Crippen molar-refractivity contribution in [1.82, 2.24) is 15.1 Å². The summed E-state index contributed by atoms with van der Waals surface area (Å²) < 4.78 is 0. The van der Waals surface area contributed by atoms with Gasteiger partial charge in [-0.3, -0.25) is 9.80 Å². The van der Waals surface area contributed by atoms with Gasteiger partial charge in [-0.05, 0) is 38.1 Å². The Morgan fingerprint density at radius 2 is 2.00 bits per heavy atom. The SMILES string of the molecule is CCC(C)(CNC(C)C)CN1CC2CCCCN2CC1C. The van der Waals surface area contributed by atoms with Gasteiger partial charge in [0.15, 0.2) is 0 Å². The molecule has 2 fully saturated rings. The molecular weight excluding hydrogens is 258 g/mol. The normalized spacial score (nSPS) is 31.1. The molecule has 21 heavy (non-hydrogen) atoms. The van der Waals surface area contributed by atoms with Crippen LogP contribution in [-0.4, -0.2) is 60.6 Å². The van der Waals surface area contributed by atoms with Crippen molar-refractivity contribution in [3.63, 3.8) is 0 Å². The zero-order chi connectivity index (χ0) is 15.5. The molecule has 0 bridgehead atoms. The van der Waals surface area contributed by atoms with E-state index >= 15 is 0 Å². The molecule has 3 atom stereocenters. The molecule has 0 aliphatic carbocycles. The molecule has 0 aromatic carbocycles. The highest BCUT2D eigenvalue weighted by atomic mass is 15.3. The second-order valence-corrected chi connectivity index (χ2v) is 8.12. The van der Waals surface area contributed by atoms with Gasteiger partial charge in [-0.1, -0.05) is 34.1 Å². The van der Waals surface area contributed by atoms with Crippen molar-refractivity contribution in [2.75, 3.05) is 32.7 Å². The van der Waals surface area contributed by atoms with Crippen LogP contribution >= 0.6 is 0 Å². The zero-order valence-corrected chi connectivity index (χ0v) is 15.0. The molecule has 0 aromatic rings. The summed E-state index contributed by atoms with van der Waals surface area (Å²) in [5.41, 5.74) is 0.398. The van der Waals surface area contributed by atoms with Crippen molar-refractivity contribution < 1.29 is 0 Å². The number of hydrogen-bond donors (Lipinski definition) is 1. The lowest BCUT2D eigenvalue weighted by Crippen LogP contribution is -2.60. The van der Waals surface area contributed by atoms with E-state index in [1.54, 1.807) is 0 Å². The van der Waals surface area contributed by atoms with Crippen LogP contribution in [0.2, 0.25) is 0 Å². The van der Waals surface area contributed by atoms with Crippen molar-refractivity contribution in [2.24, 2.45) is 5.41 Å². The summed E-state index contributed by atoms with van der Waals surface area (Å²) in [6.45, 7) is 18.0. The molecule has 0 radical (unpaired) electrons. The lowest BCUT2D eigenvalue weighted by atomic mass is 9.85. The molecule has 2 rings (SSSR count). The summed E-state index contributed by atoms with van der Waals surface area (Å²) in [7, 11) is 0. The standard InChI is InChI=1S/C18H37N3/c1-6-18(5,13-19-15(2)3)14-21-12-17-9-7-8-10-20(17)11-16(21)4/h15-17,19H,6-14H2,1-5H3. The predicted octanol–water partition coefficient (Wildman–Crippen LogP) is 2.96. The maximum atomic E-state index is 3.66. The molecule has 124 valence electrons. The van der Waals surface area contributed by atoms with Crippen molar-refractivity contribution in [1.29, 1.82) is 0 Å². The van der Waals surface area contributed by atoms with Crippen LogP contribution in [0.25, 0.3) is 0 Å². The lowest BCUT2D eigenvalue weighted by Gasteiger charge is -2.49. The first-order chi connectivity index (χ1) is 9.93. The molecule has 2 aliphatic heterocycles. The van der Waals surface area contributed by atoms with Gasteiger partial charge in [0.05, 0.1) is 0 Å². The van der Waals surface area contributed by atoms with Crippen molar-refractivity contribution in [3.05, 3.63) is 0 Å². The van der Waals surface area contributed by atoms with Gasteiger partial charge in [0.25, 0.3) is 0 Å². The first-order valence-corrected chi connectivity index (χ1v) is 9.15. The Morgan fingerprint density at radius 1 is 1.24 bits per heavy atom. The fourth-order valence-corrected chi connectivity index (χ4v) is 3.87. The highest BCUT2D eigenvalue weighted by Gasteiger charge is 2.36. The van der Waals surface area contributed by atoms with Gasteiger partial charge in [0.2, 0.25) is 0 Å². The van der Waals surface area contributed by atoms with Gasteiger partial charge in [-0.2, -0.15) is 0 Å². The van der Waals surface area contributed by atoms with Gasteiger partial charge in [-0.15, -0.1) is 0 Å². The maximum absolute atomic E-state index is 3.66. The van der Waals surface area contributed by atoms with E-state index in [0.717, 1.165) is 12.6 Å². The Balaban J connectivity index is 1.93. The quantitative estimate of drug-likeness (QED) is 0.813. The number of hydrogen-bond acceptors (Lipinski definition) is 3.